The van der Waals surface area contributed by atoms with Crippen molar-refractivity contribution in [3.63, 3.8) is 0 Å². The van der Waals surface area contributed by atoms with E-state index in [9.17, 15) is 4.79 Å². The molecule has 4 N–H and O–H groups in total. The monoisotopic (exact) mass is 350 g/mol. The van der Waals surface area contributed by atoms with Gasteiger partial charge in [-0.05, 0) is 55.2 Å². The lowest BCUT2D eigenvalue weighted by Crippen LogP contribution is -2.22. The van der Waals surface area contributed by atoms with Crippen molar-refractivity contribution in [1.82, 2.24) is 0 Å². The van der Waals surface area contributed by atoms with E-state index < -0.39 is 0 Å². The zero-order chi connectivity index (χ0) is 18.4. The van der Waals surface area contributed by atoms with Gasteiger partial charge in [0, 0.05) is 17.3 Å². The molecule has 1 saturated carbocycles. The Balaban J connectivity index is 1.58. The van der Waals surface area contributed by atoms with Gasteiger partial charge in [0.2, 0.25) is 5.91 Å². The number of aliphatic imine (C=N–C) groups is 1. The molecule has 0 unspecified atom stereocenters. The summed E-state index contributed by atoms with van der Waals surface area (Å²) in [7, 11) is 0. The Hall–Kier alpha value is -2.82. The van der Waals surface area contributed by atoms with Crippen LogP contribution in [-0.2, 0) is 11.3 Å². The van der Waals surface area contributed by atoms with Gasteiger partial charge in [0.15, 0.2) is 5.96 Å². The van der Waals surface area contributed by atoms with Crippen LogP contribution in [0.15, 0.2) is 53.5 Å². The normalized spacial score (nSPS) is 15.0. The molecule has 1 aliphatic carbocycles. The molecule has 0 bridgehead atoms. The van der Waals surface area contributed by atoms with E-state index >= 15 is 0 Å². The van der Waals surface area contributed by atoms with Crippen molar-refractivity contribution in [2.75, 3.05) is 10.6 Å². The third kappa shape index (κ3) is 5.09. The highest BCUT2D eigenvalue weighted by Gasteiger charge is 2.22. The molecule has 5 nitrogen and oxygen atoms in total. The number of nitrogens with one attached hydrogen (secondary N) is 2. The Labute approximate surface area is 154 Å². The Bertz CT molecular complexity index is 794. The fourth-order valence-corrected chi connectivity index (χ4v) is 3.27. The van der Waals surface area contributed by atoms with Crippen LogP contribution in [0, 0.1) is 12.8 Å². The lowest BCUT2D eigenvalue weighted by atomic mass is 10.1. The number of carbonyl (C=O) groups is 1. The largest absolute Gasteiger partial charge is 0.370 e. The summed E-state index contributed by atoms with van der Waals surface area (Å²) in [5.74, 6) is 0.658. The summed E-state index contributed by atoms with van der Waals surface area (Å²) in [6.07, 6.45) is 4.30. The van der Waals surface area contributed by atoms with Crippen LogP contribution in [0.4, 0.5) is 11.4 Å². The number of anilines is 2. The molecular formula is C21H26N4O. The molecule has 136 valence electrons. The summed E-state index contributed by atoms with van der Waals surface area (Å²) in [5, 5.41) is 6.12. The lowest BCUT2D eigenvalue weighted by Gasteiger charge is -2.11. The Morgan fingerprint density at radius 3 is 2.50 bits per heavy atom. The van der Waals surface area contributed by atoms with E-state index in [-0.39, 0.29) is 11.8 Å². The van der Waals surface area contributed by atoms with Crippen LogP contribution in [0.1, 0.15) is 36.8 Å². The Morgan fingerprint density at radius 1 is 1.08 bits per heavy atom. The summed E-state index contributed by atoms with van der Waals surface area (Å²) in [6, 6.07) is 15.8. The molecule has 26 heavy (non-hydrogen) atoms. The number of carbonyl (C=O) groups excluding carboxylic acids is 1. The van der Waals surface area contributed by atoms with Gasteiger partial charge in [0.1, 0.15) is 0 Å². The molecule has 3 rings (SSSR count). The molecule has 1 aliphatic rings. The van der Waals surface area contributed by atoms with E-state index in [2.05, 4.69) is 15.6 Å². The molecule has 1 amide bonds. The van der Waals surface area contributed by atoms with Crippen LogP contribution in [0.3, 0.4) is 0 Å². The number of nitrogens with zero attached hydrogens (tertiary/aromatic N) is 1. The highest BCUT2D eigenvalue weighted by molar-refractivity contribution is 5.93. The van der Waals surface area contributed by atoms with Gasteiger partial charge in [0.25, 0.3) is 0 Å². The van der Waals surface area contributed by atoms with Gasteiger partial charge in [-0.25, -0.2) is 4.99 Å². The first-order valence-corrected chi connectivity index (χ1v) is 9.13. The lowest BCUT2D eigenvalue weighted by molar-refractivity contribution is -0.119. The highest BCUT2D eigenvalue weighted by atomic mass is 16.1. The van der Waals surface area contributed by atoms with E-state index in [1.165, 1.54) is 0 Å². The van der Waals surface area contributed by atoms with Gasteiger partial charge in [-0.2, -0.15) is 0 Å². The predicted octanol–water partition coefficient (Wildman–Crippen LogP) is 4.05. The second-order valence-electron chi connectivity index (χ2n) is 6.87. The van der Waals surface area contributed by atoms with Crippen LogP contribution < -0.4 is 16.4 Å². The zero-order valence-corrected chi connectivity index (χ0v) is 15.2. The number of hydrogen-bond acceptors (Lipinski definition) is 2. The van der Waals surface area contributed by atoms with Crippen LogP contribution in [0.5, 0.6) is 0 Å². The fraction of sp³-hybridized carbons (Fsp3) is 0.333. The first-order chi connectivity index (χ1) is 12.6. The number of nitrogens with two attached hydrogens (primary N) is 1. The number of guanidine groups is 1. The minimum absolute atomic E-state index is 0.128. The van der Waals surface area contributed by atoms with Gasteiger partial charge >= 0.3 is 0 Å². The molecular weight excluding hydrogens is 324 g/mol. The van der Waals surface area contributed by atoms with E-state index in [0.29, 0.717) is 12.5 Å². The van der Waals surface area contributed by atoms with E-state index in [0.717, 1.165) is 48.2 Å². The summed E-state index contributed by atoms with van der Waals surface area (Å²) in [6.45, 7) is 2.49. The predicted molar refractivity (Wildman–Crippen MR) is 107 cm³/mol. The maximum atomic E-state index is 12.3. The highest BCUT2D eigenvalue weighted by Crippen LogP contribution is 2.26. The minimum atomic E-state index is 0.128. The molecule has 0 aliphatic heterocycles. The molecule has 0 aromatic heterocycles. The molecule has 0 heterocycles. The van der Waals surface area contributed by atoms with Crippen molar-refractivity contribution in [2.24, 2.45) is 16.6 Å². The number of aryl methyl sites for hydroxylation is 1. The fourth-order valence-electron chi connectivity index (χ4n) is 3.27. The molecule has 2 aromatic rings. The smallest absolute Gasteiger partial charge is 0.227 e. The number of amides is 1. The molecule has 5 heteroatoms. The second kappa shape index (κ2) is 8.52. The first-order valence-electron chi connectivity index (χ1n) is 9.13. The molecule has 0 saturated heterocycles. The third-order valence-corrected chi connectivity index (χ3v) is 4.64. The maximum absolute atomic E-state index is 12.3. The van der Waals surface area contributed by atoms with Gasteiger partial charge in [-0.1, -0.05) is 37.1 Å². The van der Waals surface area contributed by atoms with E-state index in [1.807, 2.05) is 55.5 Å². The van der Waals surface area contributed by atoms with Gasteiger partial charge in [0.05, 0.1) is 6.54 Å². The van der Waals surface area contributed by atoms with Crippen LogP contribution in [0.25, 0.3) is 0 Å². The molecule has 0 spiro atoms. The maximum Gasteiger partial charge on any atom is 0.227 e. The van der Waals surface area contributed by atoms with Crippen molar-refractivity contribution >= 4 is 23.2 Å². The molecule has 1 fully saturated rings. The Kier molecular flexibility index (Phi) is 5.89. The van der Waals surface area contributed by atoms with Gasteiger partial charge in [-0.15, -0.1) is 0 Å². The van der Waals surface area contributed by atoms with Crippen LogP contribution >= 0.6 is 0 Å². The average molecular weight is 350 g/mol. The quantitative estimate of drug-likeness (QED) is 0.562. The SMILES string of the molecule is Cc1cccc(NC(N)=NCc2cccc(NC(=O)C3CCCC3)c2)c1. The molecule has 0 atom stereocenters. The summed E-state index contributed by atoms with van der Waals surface area (Å²) >= 11 is 0. The van der Waals surface area contributed by atoms with Gasteiger partial charge < -0.3 is 16.4 Å². The number of hydrogen-bond donors (Lipinski definition) is 3. The molecule has 0 radical (unpaired) electrons. The summed E-state index contributed by atoms with van der Waals surface area (Å²) in [4.78, 5) is 16.6. The van der Waals surface area contributed by atoms with E-state index in [1.54, 1.807) is 0 Å². The first kappa shape index (κ1) is 18.0. The molecule has 2 aromatic carbocycles. The van der Waals surface area contributed by atoms with Crippen LogP contribution in [-0.4, -0.2) is 11.9 Å². The Morgan fingerprint density at radius 2 is 1.77 bits per heavy atom. The third-order valence-electron chi connectivity index (χ3n) is 4.64. The van der Waals surface area contributed by atoms with Crippen molar-refractivity contribution in [1.29, 1.82) is 0 Å². The van der Waals surface area contributed by atoms with Crippen molar-refractivity contribution in [2.45, 2.75) is 39.2 Å². The standard InChI is InChI=1S/C21H26N4O/c1-15-6-4-10-18(12-15)25-21(22)23-14-16-7-5-11-19(13-16)24-20(26)17-8-2-3-9-17/h4-7,10-13,17H,2-3,8-9,14H2,1H3,(H,24,26)(H3,22,23,25). The second-order valence-corrected chi connectivity index (χ2v) is 6.87. The topological polar surface area (TPSA) is 79.5 Å². The summed E-state index contributed by atoms with van der Waals surface area (Å²) < 4.78 is 0. The number of benzene rings is 2. The van der Waals surface area contributed by atoms with Crippen molar-refractivity contribution < 1.29 is 4.79 Å². The van der Waals surface area contributed by atoms with Crippen molar-refractivity contribution in [3.05, 3.63) is 59.7 Å². The summed E-state index contributed by atoms with van der Waals surface area (Å²) in [5.41, 5.74) is 9.88. The van der Waals surface area contributed by atoms with Crippen molar-refractivity contribution in [3.8, 4) is 0 Å². The van der Waals surface area contributed by atoms with Crippen LogP contribution in [0.2, 0.25) is 0 Å². The zero-order valence-electron chi connectivity index (χ0n) is 15.2. The number of rotatable bonds is 5. The minimum Gasteiger partial charge on any atom is -0.370 e. The van der Waals surface area contributed by atoms with Gasteiger partial charge in [-0.3, -0.25) is 4.79 Å². The van der Waals surface area contributed by atoms with E-state index in [4.69, 9.17) is 5.73 Å². The average Bonchev–Trinajstić information content (AvgIpc) is 3.15.